The molecule has 4 rings (SSSR count). The lowest BCUT2D eigenvalue weighted by atomic mass is 9.79. The highest BCUT2D eigenvalue weighted by Crippen LogP contribution is 2.49. The molecule has 0 N–H and O–H groups in total. The standard InChI is InChI=1S/C20H18BrN3O3/c1-11-4-13-5-14(12-6-15(21)20(26-3)16(7-12)25-2)18-17(19(13)27-8-11)23-10-24(18)9-22/h4,6-8,10,14,19H,5H2,1-3H3. The first-order valence-corrected chi connectivity index (χ1v) is 9.28. The predicted octanol–water partition coefficient (Wildman–Crippen LogP) is 4.43. The molecule has 2 heterocycles. The van der Waals surface area contributed by atoms with Crippen LogP contribution in [0.5, 0.6) is 11.5 Å². The lowest BCUT2D eigenvalue weighted by molar-refractivity contribution is 0.157. The Kier molecular flexibility index (Phi) is 4.44. The van der Waals surface area contributed by atoms with Gasteiger partial charge in [0.2, 0.25) is 0 Å². The van der Waals surface area contributed by atoms with Crippen molar-refractivity contribution in [2.75, 3.05) is 14.2 Å². The Hall–Kier alpha value is -2.72. The number of hydrogen-bond acceptors (Lipinski definition) is 5. The number of benzene rings is 1. The van der Waals surface area contributed by atoms with Crippen LogP contribution in [0.15, 0.2) is 46.4 Å². The van der Waals surface area contributed by atoms with Gasteiger partial charge in [-0.15, -0.1) is 0 Å². The van der Waals surface area contributed by atoms with Crippen molar-refractivity contribution in [2.24, 2.45) is 0 Å². The SMILES string of the molecule is COc1cc(C2CC3=CC(C)=COC3c3ncn(C#N)c32)cc(Br)c1OC. The van der Waals surface area contributed by atoms with Crippen molar-refractivity contribution in [1.82, 2.24) is 9.55 Å². The molecular weight excluding hydrogens is 410 g/mol. The van der Waals surface area contributed by atoms with Crippen LogP contribution in [0.25, 0.3) is 0 Å². The Labute approximate surface area is 165 Å². The number of methoxy groups -OCH3 is 2. The minimum Gasteiger partial charge on any atom is -0.493 e. The van der Waals surface area contributed by atoms with Crippen LogP contribution < -0.4 is 9.47 Å². The summed E-state index contributed by atoms with van der Waals surface area (Å²) >= 11 is 3.57. The van der Waals surface area contributed by atoms with E-state index >= 15 is 0 Å². The maximum Gasteiger partial charge on any atom is 0.189 e. The minimum atomic E-state index is -0.238. The topological polar surface area (TPSA) is 69.3 Å². The lowest BCUT2D eigenvalue weighted by Crippen LogP contribution is -2.22. The molecule has 1 aromatic heterocycles. The third-order valence-electron chi connectivity index (χ3n) is 4.96. The van der Waals surface area contributed by atoms with E-state index in [2.05, 4.69) is 33.2 Å². The Balaban J connectivity index is 1.90. The summed E-state index contributed by atoms with van der Waals surface area (Å²) in [5.41, 5.74) is 4.88. The summed E-state index contributed by atoms with van der Waals surface area (Å²) in [4.78, 5) is 4.49. The Morgan fingerprint density at radius 3 is 2.85 bits per heavy atom. The van der Waals surface area contributed by atoms with Gasteiger partial charge in [-0.2, -0.15) is 5.26 Å². The molecule has 0 bridgehead atoms. The molecule has 0 saturated heterocycles. The van der Waals surface area contributed by atoms with Crippen molar-refractivity contribution in [2.45, 2.75) is 25.4 Å². The zero-order chi connectivity index (χ0) is 19.1. The Morgan fingerprint density at radius 1 is 1.33 bits per heavy atom. The number of ether oxygens (including phenoxy) is 3. The number of nitrogens with zero attached hydrogens (tertiary/aromatic N) is 3. The van der Waals surface area contributed by atoms with Gasteiger partial charge in [0.15, 0.2) is 23.8 Å². The van der Waals surface area contributed by atoms with Gasteiger partial charge in [-0.1, -0.05) is 6.08 Å². The zero-order valence-corrected chi connectivity index (χ0v) is 16.8. The largest absolute Gasteiger partial charge is 0.493 e. The molecule has 0 amide bonds. The molecule has 0 radical (unpaired) electrons. The number of allylic oxidation sites excluding steroid dienone is 2. The van der Waals surface area contributed by atoms with E-state index in [-0.39, 0.29) is 12.0 Å². The molecule has 2 aliphatic rings. The summed E-state index contributed by atoms with van der Waals surface area (Å²) in [6.45, 7) is 2.01. The second-order valence-electron chi connectivity index (χ2n) is 6.58. The van der Waals surface area contributed by atoms with Gasteiger partial charge in [0.1, 0.15) is 12.0 Å². The van der Waals surface area contributed by atoms with Crippen molar-refractivity contribution in [1.29, 1.82) is 5.26 Å². The first-order chi connectivity index (χ1) is 13.1. The molecule has 0 fully saturated rings. The van der Waals surface area contributed by atoms with Crippen molar-refractivity contribution in [3.8, 4) is 17.7 Å². The quantitative estimate of drug-likeness (QED) is 0.724. The molecule has 1 aromatic carbocycles. The highest BCUT2D eigenvalue weighted by molar-refractivity contribution is 9.10. The van der Waals surface area contributed by atoms with Crippen molar-refractivity contribution in [3.63, 3.8) is 0 Å². The molecule has 2 aromatic rings. The third-order valence-corrected chi connectivity index (χ3v) is 5.55. The van der Waals surface area contributed by atoms with Crippen molar-refractivity contribution in [3.05, 3.63) is 63.4 Å². The second-order valence-corrected chi connectivity index (χ2v) is 7.43. The van der Waals surface area contributed by atoms with E-state index in [1.807, 2.05) is 19.1 Å². The number of nitriles is 1. The zero-order valence-electron chi connectivity index (χ0n) is 15.2. The average Bonchev–Trinajstić information content (AvgIpc) is 3.10. The highest BCUT2D eigenvalue weighted by atomic mass is 79.9. The maximum absolute atomic E-state index is 9.57. The number of rotatable bonds is 3. The number of imidazole rings is 1. The van der Waals surface area contributed by atoms with Gasteiger partial charge in [0, 0.05) is 5.92 Å². The highest BCUT2D eigenvalue weighted by Gasteiger charge is 2.38. The first kappa shape index (κ1) is 17.7. The van der Waals surface area contributed by atoms with E-state index < -0.39 is 0 Å². The summed E-state index contributed by atoms with van der Waals surface area (Å²) in [6.07, 6.45) is 8.15. The molecule has 1 aliphatic carbocycles. The number of aromatic nitrogens is 2. The van der Waals surface area contributed by atoms with Gasteiger partial charge in [0.25, 0.3) is 0 Å². The maximum atomic E-state index is 9.57. The van der Waals surface area contributed by atoms with E-state index in [1.165, 1.54) is 4.57 Å². The van der Waals surface area contributed by atoms with Gasteiger partial charge in [-0.25, -0.2) is 9.55 Å². The van der Waals surface area contributed by atoms with Gasteiger partial charge in [-0.05, 0) is 58.1 Å². The molecule has 1 aliphatic heterocycles. The van der Waals surface area contributed by atoms with Crippen LogP contribution in [0, 0.1) is 11.5 Å². The van der Waals surface area contributed by atoms with E-state index in [9.17, 15) is 5.26 Å². The molecule has 0 spiro atoms. The smallest absolute Gasteiger partial charge is 0.189 e. The predicted molar refractivity (Wildman–Crippen MR) is 103 cm³/mol. The van der Waals surface area contributed by atoms with Gasteiger partial charge < -0.3 is 14.2 Å². The van der Waals surface area contributed by atoms with Crippen LogP contribution in [-0.2, 0) is 4.74 Å². The van der Waals surface area contributed by atoms with Crippen LogP contribution in [0.4, 0.5) is 0 Å². The fraction of sp³-hybridized carbons (Fsp3) is 0.300. The summed E-state index contributed by atoms with van der Waals surface area (Å²) in [5, 5.41) is 9.57. The minimum absolute atomic E-state index is 0.0461. The molecule has 2 unspecified atom stereocenters. The van der Waals surface area contributed by atoms with Crippen LogP contribution in [0.2, 0.25) is 0 Å². The van der Waals surface area contributed by atoms with Crippen LogP contribution >= 0.6 is 15.9 Å². The van der Waals surface area contributed by atoms with Gasteiger partial charge in [-0.3, -0.25) is 0 Å². The monoisotopic (exact) mass is 427 g/mol. The first-order valence-electron chi connectivity index (χ1n) is 8.48. The van der Waals surface area contributed by atoms with E-state index in [4.69, 9.17) is 14.2 Å². The fourth-order valence-electron chi connectivity index (χ4n) is 3.82. The van der Waals surface area contributed by atoms with Gasteiger partial charge >= 0.3 is 0 Å². The Bertz CT molecular complexity index is 1020. The number of halogens is 1. The van der Waals surface area contributed by atoms with Crippen molar-refractivity contribution >= 4 is 15.9 Å². The third kappa shape index (κ3) is 2.81. The summed E-state index contributed by atoms with van der Waals surface area (Å²) < 4.78 is 19.2. The summed E-state index contributed by atoms with van der Waals surface area (Å²) in [6, 6.07) is 3.97. The van der Waals surface area contributed by atoms with Crippen LogP contribution in [0.1, 0.15) is 42.3 Å². The number of fused-ring (bicyclic) bond motifs is 3. The molecule has 7 heteroatoms. The molecule has 27 heavy (non-hydrogen) atoms. The van der Waals surface area contributed by atoms with Crippen LogP contribution in [-0.4, -0.2) is 23.8 Å². The molecule has 138 valence electrons. The average molecular weight is 428 g/mol. The normalized spacial score (nSPS) is 20.4. The van der Waals surface area contributed by atoms with E-state index in [0.29, 0.717) is 11.5 Å². The molecule has 0 saturated carbocycles. The van der Waals surface area contributed by atoms with E-state index in [0.717, 1.165) is 39.0 Å². The second kappa shape index (κ2) is 6.78. The van der Waals surface area contributed by atoms with Crippen LogP contribution in [0.3, 0.4) is 0 Å². The summed E-state index contributed by atoms with van der Waals surface area (Å²) in [7, 11) is 3.22. The number of hydrogen-bond donors (Lipinski definition) is 0. The van der Waals surface area contributed by atoms with E-state index in [1.54, 1.807) is 26.8 Å². The molecule has 6 nitrogen and oxygen atoms in total. The summed E-state index contributed by atoms with van der Waals surface area (Å²) in [5.74, 6) is 1.23. The lowest BCUT2D eigenvalue weighted by Gasteiger charge is -2.33. The molecular formula is C20H18BrN3O3. The molecule has 2 atom stereocenters. The Morgan fingerprint density at radius 2 is 2.15 bits per heavy atom. The van der Waals surface area contributed by atoms with Crippen molar-refractivity contribution < 1.29 is 14.2 Å². The van der Waals surface area contributed by atoms with Gasteiger partial charge in [0.05, 0.1) is 30.6 Å². The fourth-order valence-corrected chi connectivity index (χ4v) is 4.44.